The van der Waals surface area contributed by atoms with Crippen molar-refractivity contribution in [3.63, 3.8) is 0 Å². The second kappa shape index (κ2) is 13.6. The molecule has 0 saturated carbocycles. The Morgan fingerprint density at radius 3 is 2.06 bits per heavy atom. The highest BCUT2D eigenvalue weighted by atomic mass is 16.6. The number of benzene rings is 2. The van der Waals surface area contributed by atoms with Crippen molar-refractivity contribution < 1.29 is 33.4 Å². The number of ether oxygens (including phenoxy) is 2. The summed E-state index contributed by atoms with van der Waals surface area (Å²) < 4.78 is 10.6. The van der Waals surface area contributed by atoms with E-state index in [1.54, 1.807) is 57.2 Å². The van der Waals surface area contributed by atoms with Gasteiger partial charge in [-0.25, -0.2) is 9.59 Å². The zero-order chi connectivity index (χ0) is 26.6. The second-order valence-corrected chi connectivity index (χ2v) is 8.96. The van der Waals surface area contributed by atoms with E-state index in [2.05, 4.69) is 15.4 Å². The molecule has 0 bridgehead atoms. The number of hydrogen-bond acceptors (Lipinski definition) is 6. The van der Waals surface area contributed by atoms with Crippen molar-refractivity contribution in [1.82, 2.24) is 10.6 Å². The van der Waals surface area contributed by atoms with Crippen LogP contribution in [0.1, 0.15) is 38.3 Å². The Bertz CT molecular complexity index is 1090. The van der Waals surface area contributed by atoms with E-state index in [4.69, 9.17) is 15.0 Å². The first-order valence-corrected chi connectivity index (χ1v) is 11.3. The maximum atomic E-state index is 13.2. The number of esters is 1. The minimum atomic E-state index is -1.37. The molecular formula is C26H30N4O6. The molecule has 0 spiro atoms. The first-order valence-electron chi connectivity index (χ1n) is 11.3. The molecule has 36 heavy (non-hydrogen) atoms. The fraction of sp³-hybridized carbons (Fsp3) is 0.346. The lowest BCUT2D eigenvalue weighted by Gasteiger charge is -2.25. The maximum Gasteiger partial charge on any atom is 0.408 e. The van der Waals surface area contributed by atoms with Crippen LogP contribution in [0.3, 0.4) is 0 Å². The first-order chi connectivity index (χ1) is 17.1. The van der Waals surface area contributed by atoms with Crippen LogP contribution in [0.15, 0.2) is 60.7 Å². The first kappa shape index (κ1) is 27.9. The third-order valence-electron chi connectivity index (χ3n) is 4.72. The molecule has 190 valence electrons. The summed E-state index contributed by atoms with van der Waals surface area (Å²) in [5.74, 6) is -2.27. The van der Waals surface area contributed by atoms with Crippen LogP contribution in [0.2, 0.25) is 0 Å². The zero-order valence-electron chi connectivity index (χ0n) is 20.5. The van der Waals surface area contributed by atoms with Crippen LogP contribution < -0.4 is 10.6 Å². The maximum absolute atomic E-state index is 13.2. The Labute approximate surface area is 209 Å². The lowest BCUT2D eigenvalue weighted by molar-refractivity contribution is -0.159. The van der Waals surface area contributed by atoms with Gasteiger partial charge in [0.1, 0.15) is 24.3 Å². The molecule has 2 aromatic carbocycles. The van der Waals surface area contributed by atoms with E-state index >= 15 is 0 Å². The Kier molecular flexibility index (Phi) is 10.5. The van der Waals surface area contributed by atoms with E-state index in [9.17, 15) is 19.2 Å². The second-order valence-electron chi connectivity index (χ2n) is 8.96. The summed E-state index contributed by atoms with van der Waals surface area (Å²) in [5.41, 5.74) is 9.26. The van der Waals surface area contributed by atoms with Gasteiger partial charge in [0.2, 0.25) is 11.7 Å². The van der Waals surface area contributed by atoms with Gasteiger partial charge in [0.15, 0.2) is 0 Å². The number of carbonyl (C=O) groups is 4. The van der Waals surface area contributed by atoms with Crippen molar-refractivity contribution in [2.24, 2.45) is 0 Å². The van der Waals surface area contributed by atoms with Gasteiger partial charge >= 0.3 is 18.3 Å². The van der Waals surface area contributed by atoms with Crippen molar-refractivity contribution in [2.45, 2.75) is 57.9 Å². The van der Waals surface area contributed by atoms with Crippen LogP contribution in [0.25, 0.3) is 5.53 Å². The van der Waals surface area contributed by atoms with E-state index in [1.807, 2.05) is 24.3 Å². The molecule has 0 aliphatic rings. The van der Waals surface area contributed by atoms with Gasteiger partial charge < -0.3 is 25.6 Å². The molecule has 0 fully saturated rings. The molecule has 0 unspecified atom stereocenters. The van der Waals surface area contributed by atoms with Gasteiger partial charge in [-0.3, -0.25) is 9.59 Å². The van der Waals surface area contributed by atoms with Gasteiger partial charge in [-0.2, -0.15) is 4.79 Å². The number of alkyl carbamates (subject to hydrolysis) is 1. The number of amides is 2. The summed E-state index contributed by atoms with van der Waals surface area (Å²) in [6.07, 6.45) is -0.599. The van der Waals surface area contributed by atoms with Crippen LogP contribution in [-0.2, 0) is 36.9 Å². The molecule has 10 heteroatoms. The van der Waals surface area contributed by atoms with Gasteiger partial charge in [0, 0.05) is 12.8 Å². The predicted molar refractivity (Wildman–Crippen MR) is 131 cm³/mol. The van der Waals surface area contributed by atoms with E-state index in [0.29, 0.717) is 6.21 Å². The largest absolute Gasteiger partial charge is 0.458 e. The average molecular weight is 495 g/mol. The Morgan fingerprint density at radius 1 is 0.917 bits per heavy atom. The third kappa shape index (κ3) is 10.3. The van der Waals surface area contributed by atoms with Crippen molar-refractivity contribution in [2.75, 3.05) is 0 Å². The molecular weight excluding hydrogens is 464 g/mol. The molecule has 2 rings (SSSR count). The predicted octanol–water partition coefficient (Wildman–Crippen LogP) is 2.61. The van der Waals surface area contributed by atoms with E-state index in [-0.39, 0.29) is 13.0 Å². The fourth-order valence-electron chi connectivity index (χ4n) is 3.12. The van der Waals surface area contributed by atoms with Gasteiger partial charge in [-0.05, 0) is 31.9 Å². The van der Waals surface area contributed by atoms with Crippen LogP contribution in [-0.4, -0.2) is 52.4 Å². The van der Waals surface area contributed by atoms with Crippen molar-refractivity contribution in [3.8, 4) is 0 Å². The number of ketones is 1. The molecule has 2 aromatic rings. The average Bonchev–Trinajstić information content (AvgIpc) is 2.82. The standard InChI is InChI=1S/C26H30N4O6/c1-26(2,3)36-24(33)22(15-20(31)16-28-27)29-23(32)21(14-18-10-6-4-7-11-18)30-25(34)35-17-19-12-8-5-9-13-19/h4-13,16,21-22H,14-15,17H2,1-3H3,(H,29,32)(H,30,34)/t21-,22-/m0/s1. The number of nitrogens with zero attached hydrogens (tertiary/aromatic N) is 2. The minimum absolute atomic E-state index is 0.00186. The van der Waals surface area contributed by atoms with Crippen molar-refractivity contribution in [1.29, 1.82) is 0 Å². The van der Waals surface area contributed by atoms with Gasteiger partial charge in [-0.15, -0.1) is 0 Å². The SMILES string of the molecule is CC(C)(C)OC(=O)[C@H](CC(=O)C=[N+]=[N-])NC(=O)[C@H](Cc1ccccc1)NC(=O)OCc1ccccc1. The van der Waals surface area contributed by atoms with E-state index in [0.717, 1.165) is 11.1 Å². The summed E-state index contributed by atoms with van der Waals surface area (Å²) in [6, 6.07) is 15.5. The summed E-state index contributed by atoms with van der Waals surface area (Å²) in [4.78, 5) is 53.0. The minimum Gasteiger partial charge on any atom is -0.458 e. The molecule has 0 radical (unpaired) electrons. The summed E-state index contributed by atoms with van der Waals surface area (Å²) in [5, 5.41) is 5.01. The molecule has 0 aliphatic carbocycles. The van der Waals surface area contributed by atoms with Gasteiger partial charge in [0.05, 0.1) is 0 Å². The van der Waals surface area contributed by atoms with Crippen LogP contribution in [0, 0.1) is 0 Å². The number of carbonyl (C=O) groups excluding carboxylic acids is 4. The van der Waals surface area contributed by atoms with Gasteiger partial charge in [0.25, 0.3) is 0 Å². The van der Waals surface area contributed by atoms with E-state index < -0.39 is 47.9 Å². The third-order valence-corrected chi connectivity index (χ3v) is 4.72. The Hall–Kier alpha value is -4.30. The van der Waals surface area contributed by atoms with E-state index in [1.165, 1.54) is 0 Å². The highest BCUT2D eigenvalue weighted by Crippen LogP contribution is 2.11. The molecule has 0 aliphatic heterocycles. The van der Waals surface area contributed by atoms with Gasteiger partial charge in [-0.1, -0.05) is 60.7 Å². The summed E-state index contributed by atoms with van der Waals surface area (Å²) in [7, 11) is 0. The quantitative estimate of drug-likeness (QED) is 0.212. The topological polar surface area (TPSA) is 147 Å². The van der Waals surface area contributed by atoms with Crippen LogP contribution in [0.4, 0.5) is 4.79 Å². The van der Waals surface area contributed by atoms with Crippen LogP contribution in [0.5, 0.6) is 0 Å². The lowest BCUT2D eigenvalue weighted by atomic mass is 10.0. The number of hydrogen-bond donors (Lipinski definition) is 2. The Morgan fingerprint density at radius 2 is 1.50 bits per heavy atom. The van der Waals surface area contributed by atoms with Crippen LogP contribution >= 0.6 is 0 Å². The van der Waals surface area contributed by atoms with Crippen molar-refractivity contribution in [3.05, 3.63) is 77.3 Å². The monoisotopic (exact) mass is 494 g/mol. The molecule has 2 N–H and O–H groups in total. The normalized spacial score (nSPS) is 12.3. The number of nitrogens with one attached hydrogen (secondary N) is 2. The molecule has 0 saturated heterocycles. The zero-order valence-corrected chi connectivity index (χ0v) is 20.5. The smallest absolute Gasteiger partial charge is 0.408 e. The summed E-state index contributed by atoms with van der Waals surface area (Å²) >= 11 is 0. The summed E-state index contributed by atoms with van der Waals surface area (Å²) in [6.45, 7) is 4.93. The highest BCUT2D eigenvalue weighted by molar-refractivity contribution is 6.26. The lowest BCUT2D eigenvalue weighted by Crippen LogP contribution is -2.54. The number of Topliss-reactive ketones (excluding diaryl/α,β-unsaturated/α-hetero) is 1. The Balaban J connectivity index is 2.18. The molecule has 10 nitrogen and oxygen atoms in total. The molecule has 0 aromatic heterocycles. The number of rotatable bonds is 11. The molecule has 0 heterocycles. The fourth-order valence-corrected chi connectivity index (χ4v) is 3.12. The molecule has 2 amide bonds. The highest BCUT2D eigenvalue weighted by Gasteiger charge is 2.32. The molecule has 2 atom stereocenters. The van der Waals surface area contributed by atoms with Crippen molar-refractivity contribution >= 4 is 30.0 Å².